The molecule has 0 unspecified atom stereocenters. The largest absolute Gasteiger partial charge is 0.390 e. The Hall–Kier alpha value is -1.37. The van der Waals surface area contributed by atoms with Crippen molar-refractivity contribution in [1.29, 1.82) is 0 Å². The van der Waals surface area contributed by atoms with Crippen molar-refractivity contribution in [2.45, 2.75) is 25.2 Å². The van der Waals surface area contributed by atoms with Crippen molar-refractivity contribution in [2.75, 3.05) is 19.8 Å². The van der Waals surface area contributed by atoms with Crippen LogP contribution in [0.4, 0.5) is 0 Å². The van der Waals surface area contributed by atoms with Crippen LogP contribution < -0.4 is 5.32 Å². The molecular weight excluding hydrogens is 248 g/mol. The predicted molar refractivity (Wildman–Crippen MR) is 68.4 cm³/mol. The molecule has 0 radical (unpaired) electrons. The van der Waals surface area contributed by atoms with Crippen molar-refractivity contribution < 1.29 is 19.7 Å². The normalized spacial score (nSPS) is 27.2. The van der Waals surface area contributed by atoms with E-state index in [-0.39, 0.29) is 18.4 Å². The first-order valence-corrected chi connectivity index (χ1v) is 6.48. The molecule has 2 heterocycles. The first-order chi connectivity index (χ1) is 9.16. The van der Waals surface area contributed by atoms with Crippen LogP contribution in [0.15, 0.2) is 24.5 Å². The Morgan fingerprint density at radius 1 is 1.32 bits per heavy atom. The van der Waals surface area contributed by atoms with Crippen LogP contribution in [-0.2, 0) is 16.1 Å². The molecule has 19 heavy (non-hydrogen) atoms. The summed E-state index contributed by atoms with van der Waals surface area (Å²) in [5, 5.41) is 22.0. The lowest BCUT2D eigenvalue weighted by molar-refractivity contribution is -0.128. The van der Waals surface area contributed by atoms with Gasteiger partial charge in [0, 0.05) is 37.8 Å². The van der Waals surface area contributed by atoms with Crippen molar-refractivity contribution in [1.82, 2.24) is 9.88 Å². The van der Waals surface area contributed by atoms with Gasteiger partial charge in [0.05, 0.1) is 19.3 Å². The first kappa shape index (κ1) is 14.0. The molecule has 0 bridgehead atoms. The zero-order valence-corrected chi connectivity index (χ0v) is 10.7. The molecule has 0 aromatic carbocycles. The fourth-order valence-electron chi connectivity index (χ4n) is 2.11. The maximum Gasteiger partial charge on any atom is 0.221 e. The molecule has 3 N–H and O–H groups in total. The zero-order valence-electron chi connectivity index (χ0n) is 10.7. The minimum Gasteiger partial charge on any atom is -0.390 e. The van der Waals surface area contributed by atoms with E-state index in [0.29, 0.717) is 26.1 Å². The van der Waals surface area contributed by atoms with Crippen LogP contribution >= 0.6 is 0 Å². The number of carbonyl (C=O) groups excluding carboxylic acids is 1. The van der Waals surface area contributed by atoms with Crippen molar-refractivity contribution in [3.63, 3.8) is 0 Å². The van der Waals surface area contributed by atoms with E-state index < -0.39 is 12.2 Å². The molecular formula is C13H20N2O4. The molecule has 1 aromatic heterocycles. The minimum atomic E-state index is -0.865. The van der Waals surface area contributed by atoms with Gasteiger partial charge in [0.25, 0.3) is 0 Å². The van der Waals surface area contributed by atoms with Gasteiger partial charge in [-0.25, -0.2) is 0 Å². The van der Waals surface area contributed by atoms with Gasteiger partial charge in [-0.15, -0.1) is 0 Å². The van der Waals surface area contributed by atoms with Gasteiger partial charge in [-0.05, 0) is 12.1 Å². The molecule has 1 aromatic rings. The molecule has 1 aliphatic heterocycles. The van der Waals surface area contributed by atoms with Gasteiger partial charge in [0.1, 0.15) is 6.10 Å². The highest BCUT2D eigenvalue weighted by atomic mass is 16.5. The molecule has 106 valence electrons. The highest BCUT2D eigenvalue weighted by Gasteiger charge is 2.31. The lowest BCUT2D eigenvalue weighted by atomic mass is 9.96. The quantitative estimate of drug-likeness (QED) is 0.663. The van der Waals surface area contributed by atoms with E-state index in [0.717, 1.165) is 0 Å². The van der Waals surface area contributed by atoms with Crippen molar-refractivity contribution in [3.8, 4) is 0 Å². The number of aryl methyl sites for hydroxylation is 1. The number of ether oxygens (including phenoxy) is 1. The van der Waals surface area contributed by atoms with Gasteiger partial charge in [0.2, 0.25) is 5.91 Å². The minimum absolute atomic E-state index is 0.0686. The van der Waals surface area contributed by atoms with E-state index in [9.17, 15) is 15.0 Å². The molecule has 1 saturated heterocycles. The van der Waals surface area contributed by atoms with Gasteiger partial charge in [-0.1, -0.05) is 0 Å². The fourth-order valence-corrected chi connectivity index (χ4v) is 2.11. The number of nitrogens with zero attached hydrogens (tertiary/aromatic N) is 1. The van der Waals surface area contributed by atoms with Gasteiger partial charge in [-0.3, -0.25) is 4.79 Å². The number of amides is 1. The van der Waals surface area contributed by atoms with Crippen molar-refractivity contribution in [3.05, 3.63) is 24.5 Å². The number of hydrogen-bond acceptors (Lipinski definition) is 4. The average Bonchev–Trinajstić information content (AvgIpc) is 2.91. The summed E-state index contributed by atoms with van der Waals surface area (Å²) in [4.78, 5) is 11.7. The number of nitrogens with one attached hydrogen (secondary N) is 1. The van der Waals surface area contributed by atoms with Crippen LogP contribution in [0.3, 0.4) is 0 Å². The van der Waals surface area contributed by atoms with Crippen LogP contribution in [0.25, 0.3) is 0 Å². The monoisotopic (exact) mass is 268 g/mol. The van der Waals surface area contributed by atoms with Crippen LogP contribution in [0.1, 0.15) is 6.42 Å². The number of aliphatic hydroxyl groups excluding tert-OH is 2. The summed E-state index contributed by atoms with van der Waals surface area (Å²) in [6.45, 7) is 1.46. The van der Waals surface area contributed by atoms with E-state index in [4.69, 9.17) is 4.74 Å². The molecule has 1 fully saturated rings. The van der Waals surface area contributed by atoms with Crippen LogP contribution in [0, 0.1) is 5.92 Å². The van der Waals surface area contributed by atoms with Crippen molar-refractivity contribution in [2.24, 2.45) is 5.92 Å². The molecule has 3 atom stereocenters. The van der Waals surface area contributed by atoms with E-state index in [2.05, 4.69) is 5.32 Å². The Bertz CT molecular complexity index is 393. The Balaban J connectivity index is 1.68. The van der Waals surface area contributed by atoms with Crippen molar-refractivity contribution >= 4 is 5.91 Å². The highest BCUT2D eigenvalue weighted by Crippen LogP contribution is 2.14. The zero-order chi connectivity index (χ0) is 13.7. The maximum atomic E-state index is 11.7. The Morgan fingerprint density at radius 2 is 2.05 bits per heavy atom. The van der Waals surface area contributed by atoms with Gasteiger partial charge < -0.3 is 24.8 Å². The van der Waals surface area contributed by atoms with E-state index in [1.807, 2.05) is 29.1 Å². The third-order valence-electron chi connectivity index (χ3n) is 3.32. The molecule has 1 amide bonds. The van der Waals surface area contributed by atoms with Crippen LogP contribution in [-0.4, -0.2) is 52.7 Å². The molecule has 0 aliphatic carbocycles. The topological polar surface area (TPSA) is 83.7 Å². The Kier molecular flexibility index (Phi) is 4.95. The third-order valence-corrected chi connectivity index (χ3v) is 3.32. The highest BCUT2D eigenvalue weighted by molar-refractivity contribution is 5.75. The van der Waals surface area contributed by atoms with Crippen LogP contribution in [0.2, 0.25) is 0 Å². The standard InChI is InChI=1S/C13H20N2O4/c16-11-9-19-8-10(13(11)18)7-14-12(17)3-6-15-4-1-2-5-15/h1-2,4-5,10-11,13,16,18H,3,6-9H2,(H,14,17)/t10-,11-,13+/m1/s1. The number of aromatic nitrogens is 1. The van der Waals surface area contributed by atoms with E-state index in [1.165, 1.54) is 0 Å². The van der Waals surface area contributed by atoms with E-state index in [1.54, 1.807) is 0 Å². The molecule has 0 spiro atoms. The summed E-state index contributed by atoms with van der Waals surface area (Å²) in [6, 6.07) is 3.82. The molecule has 6 nitrogen and oxygen atoms in total. The fraction of sp³-hybridized carbons (Fsp3) is 0.615. The summed E-state index contributed by atoms with van der Waals surface area (Å²) in [5.74, 6) is -0.319. The smallest absolute Gasteiger partial charge is 0.221 e. The third kappa shape index (κ3) is 4.05. The van der Waals surface area contributed by atoms with Gasteiger partial charge in [0.15, 0.2) is 0 Å². The summed E-state index contributed by atoms with van der Waals surface area (Å²) < 4.78 is 7.08. The van der Waals surface area contributed by atoms with E-state index >= 15 is 0 Å². The molecule has 6 heteroatoms. The lowest BCUT2D eigenvalue weighted by Crippen LogP contribution is -2.48. The predicted octanol–water partition coefficient (Wildman–Crippen LogP) is -0.637. The summed E-state index contributed by atoms with van der Waals surface area (Å²) >= 11 is 0. The number of hydrogen-bond donors (Lipinski definition) is 3. The SMILES string of the molecule is O=C(CCn1cccc1)NC[C@@H]1COC[C@@H](O)[C@H]1O. The number of aliphatic hydroxyl groups is 2. The second-order valence-corrected chi connectivity index (χ2v) is 4.83. The molecule has 2 rings (SSSR count). The average molecular weight is 268 g/mol. The molecule has 0 saturated carbocycles. The van der Waals surface area contributed by atoms with Gasteiger partial charge in [-0.2, -0.15) is 0 Å². The Labute approximate surface area is 112 Å². The lowest BCUT2D eigenvalue weighted by Gasteiger charge is -2.31. The molecule has 1 aliphatic rings. The summed E-state index contributed by atoms with van der Waals surface area (Å²) in [6.07, 6.45) is 2.50. The second-order valence-electron chi connectivity index (χ2n) is 4.83. The van der Waals surface area contributed by atoms with Crippen LogP contribution in [0.5, 0.6) is 0 Å². The summed E-state index contributed by atoms with van der Waals surface area (Å²) in [5.41, 5.74) is 0. The number of rotatable bonds is 5. The second kappa shape index (κ2) is 6.70. The number of carbonyl (C=O) groups is 1. The maximum absolute atomic E-state index is 11.7. The summed E-state index contributed by atoms with van der Waals surface area (Å²) in [7, 11) is 0. The van der Waals surface area contributed by atoms with Gasteiger partial charge >= 0.3 is 0 Å². The Morgan fingerprint density at radius 3 is 2.79 bits per heavy atom. The first-order valence-electron chi connectivity index (χ1n) is 6.48.